The van der Waals surface area contributed by atoms with Gasteiger partial charge in [-0.15, -0.1) is 0 Å². The number of rotatable bonds is 5. The summed E-state index contributed by atoms with van der Waals surface area (Å²) in [5, 5.41) is 3.91. The van der Waals surface area contributed by atoms with Crippen molar-refractivity contribution in [3.63, 3.8) is 0 Å². The predicted octanol–water partition coefficient (Wildman–Crippen LogP) is 4.86. The number of alkyl halides is 3. The number of fused-ring (bicyclic) bond motifs is 1. The van der Waals surface area contributed by atoms with Gasteiger partial charge in [0.25, 0.3) is 0 Å². The number of benzene rings is 1. The molecule has 0 aliphatic carbocycles. The number of aryl methyl sites for hydroxylation is 3. The molecule has 0 saturated carbocycles. The van der Waals surface area contributed by atoms with Gasteiger partial charge < -0.3 is 9.51 Å². The average molecular weight is 432 g/mol. The highest BCUT2D eigenvalue weighted by molar-refractivity contribution is 7.92. The van der Waals surface area contributed by atoms with Crippen LogP contribution in [0, 0.1) is 20.8 Å². The van der Waals surface area contributed by atoms with E-state index in [1.165, 1.54) is 0 Å². The first-order valence-electron chi connectivity index (χ1n) is 8.96. The number of aromatic amines is 1. The summed E-state index contributed by atoms with van der Waals surface area (Å²) in [7, 11) is -4.18. The number of nitrogens with one attached hydrogen (secondary N) is 2. The summed E-state index contributed by atoms with van der Waals surface area (Å²) < 4.78 is 67.7. The number of nitrogens with zero attached hydrogens (tertiary/aromatic N) is 2. The molecule has 7 nitrogen and oxygen atoms in total. The molecule has 11 heteroatoms. The quantitative estimate of drug-likeness (QED) is 0.599. The highest BCUT2D eigenvalue weighted by Crippen LogP contribution is 2.31. The van der Waals surface area contributed by atoms with Crippen molar-refractivity contribution >= 4 is 27.0 Å². The van der Waals surface area contributed by atoms with Crippen molar-refractivity contribution in [3.8, 4) is 11.1 Å². The Morgan fingerprint density at radius 2 is 1.83 bits per heavy atom. The van der Waals surface area contributed by atoms with Crippen LogP contribution in [0.15, 0.2) is 16.7 Å². The van der Waals surface area contributed by atoms with E-state index in [-0.39, 0.29) is 5.95 Å². The Bertz CT molecular complexity index is 1080. The number of anilines is 1. The van der Waals surface area contributed by atoms with E-state index in [1.54, 1.807) is 26.8 Å². The van der Waals surface area contributed by atoms with Gasteiger partial charge in [-0.05, 0) is 44.0 Å². The Morgan fingerprint density at radius 3 is 2.38 bits per heavy atom. The van der Waals surface area contributed by atoms with Crippen LogP contribution in [-0.4, -0.2) is 35.5 Å². The highest BCUT2D eigenvalue weighted by atomic mass is 32.2. The molecule has 0 unspecified atom stereocenters. The molecule has 1 aromatic carbocycles. The fourth-order valence-corrected chi connectivity index (χ4v) is 3.82. The first-order chi connectivity index (χ1) is 13.5. The minimum absolute atomic E-state index is 0.133. The van der Waals surface area contributed by atoms with Crippen molar-refractivity contribution < 1.29 is 26.1 Å². The first-order valence-corrected chi connectivity index (χ1v) is 10.6. The normalized spacial score (nSPS) is 12.0. The lowest BCUT2D eigenvalue weighted by molar-refractivity contribution is -0.129. The Kier molecular flexibility index (Phi) is 6.61. The SMILES string of the molecule is CC.Cc1noc(C)c1-c1cc(C)c2nc(NS(=O)(=O)CCC(F)(F)F)[nH]c2c1. The van der Waals surface area contributed by atoms with Crippen LogP contribution in [-0.2, 0) is 10.0 Å². The van der Waals surface area contributed by atoms with Crippen molar-refractivity contribution in [3.05, 3.63) is 29.2 Å². The first kappa shape index (κ1) is 22.7. The van der Waals surface area contributed by atoms with Crippen molar-refractivity contribution in [2.24, 2.45) is 0 Å². The number of imidazole rings is 1. The third kappa shape index (κ3) is 5.49. The lowest BCUT2D eigenvalue weighted by Gasteiger charge is -2.07. The van der Waals surface area contributed by atoms with Gasteiger partial charge in [0, 0.05) is 5.56 Å². The maximum atomic E-state index is 12.3. The van der Waals surface area contributed by atoms with E-state index in [2.05, 4.69) is 19.8 Å². The molecule has 0 saturated heterocycles. The molecule has 2 heterocycles. The Balaban J connectivity index is 0.00000145. The maximum Gasteiger partial charge on any atom is 0.390 e. The van der Waals surface area contributed by atoms with Gasteiger partial charge in [-0.1, -0.05) is 19.0 Å². The van der Waals surface area contributed by atoms with Gasteiger partial charge >= 0.3 is 6.18 Å². The molecule has 2 aromatic heterocycles. The third-order valence-electron chi connectivity index (χ3n) is 4.01. The molecule has 0 bridgehead atoms. The van der Waals surface area contributed by atoms with Crippen molar-refractivity contribution in [1.82, 2.24) is 15.1 Å². The lowest BCUT2D eigenvalue weighted by Crippen LogP contribution is -2.22. The van der Waals surface area contributed by atoms with E-state index >= 15 is 0 Å². The number of H-pyrrole nitrogens is 1. The highest BCUT2D eigenvalue weighted by Gasteiger charge is 2.30. The van der Waals surface area contributed by atoms with Crippen LogP contribution in [0.1, 0.15) is 37.3 Å². The molecular weight excluding hydrogens is 409 g/mol. The summed E-state index contributed by atoms with van der Waals surface area (Å²) in [5.41, 5.74) is 4.16. The predicted molar refractivity (Wildman–Crippen MR) is 105 cm³/mol. The summed E-state index contributed by atoms with van der Waals surface area (Å²) in [4.78, 5) is 6.94. The second-order valence-corrected chi connectivity index (χ2v) is 8.10. The summed E-state index contributed by atoms with van der Waals surface area (Å²) in [6, 6.07) is 3.62. The van der Waals surface area contributed by atoms with Gasteiger partial charge in [-0.2, -0.15) is 13.2 Å². The summed E-state index contributed by atoms with van der Waals surface area (Å²) in [5.74, 6) is -0.568. The zero-order valence-electron chi connectivity index (χ0n) is 16.7. The molecular formula is C18H23F3N4O3S. The maximum absolute atomic E-state index is 12.3. The van der Waals surface area contributed by atoms with Crippen LogP contribution < -0.4 is 4.72 Å². The Morgan fingerprint density at radius 1 is 1.17 bits per heavy atom. The number of sulfonamides is 1. The molecule has 0 aliphatic heterocycles. The fraction of sp³-hybridized carbons (Fsp3) is 0.444. The zero-order valence-corrected chi connectivity index (χ0v) is 17.5. The molecule has 0 aliphatic rings. The largest absolute Gasteiger partial charge is 0.390 e. The van der Waals surface area contributed by atoms with Crippen LogP contribution in [0.3, 0.4) is 0 Å². The third-order valence-corrected chi connectivity index (χ3v) is 5.25. The minimum Gasteiger partial charge on any atom is -0.361 e. The van der Waals surface area contributed by atoms with Gasteiger partial charge in [0.15, 0.2) is 0 Å². The van der Waals surface area contributed by atoms with Crippen molar-refractivity contribution in [2.75, 3.05) is 10.5 Å². The molecule has 0 atom stereocenters. The molecule has 29 heavy (non-hydrogen) atoms. The molecule has 0 radical (unpaired) electrons. The molecule has 3 aromatic rings. The van der Waals surface area contributed by atoms with E-state index < -0.39 is 28.4 Å². The Labute approximate surface area is 166 Å². The van der Waals surface area contributed by atoms with Crippen LogP contribution in [0.25, 0.3) is 22.2 Å². The van der Waals surface area contributed by atoms with E-state index in [9.17, 15) is 21.6 Å². The number of halogens is 3. The van der Waals surface area contributed by atoms with Crippen LogP contribution in [0.2, 0.25) is 0 Å². The minimum atomic E-state index is -4.55. The van der Waals surface area contributed by atoms with Gasteiger partial charge in [0.05, 0.1) is 28.9 Å². The van der Waals surface area contributed by atoms with Gasteiger partial charge in [-0.25, -0.2) is 13.4 Å². The van der Waals surface area contributed by atoms with Gasteiger partial charge in [-0.3, -0.25) is 4.72 Å². The van der Waals surface area contributed by atoms with E-state index in [0.717, 1.165) is 16.7 Å². The molecule has 0 amide bonds. The summed E-state index contributed by atoms with van der Waals surface area (Å²) >= 11 is 0. The van der Waals surface area contributed by atoms with E-state index in [0.29, 0.717) is 22.5 Å². The summed E-state index contributed by atoms with van der Waals surface area (Å²) in [6.07, 6.45) is -5.99. The molecule has 160 valence electrons. The van der Waals surface area contributed by atoms with Crippen molar-refractivity contribution in [1.29, 1.82) is 0 Å². The Hall–Kier alpha value is -2.56. The zero-order chi connectivity index (χ0) is 22.0. The monoisotopic (exact) mass is 432 g/mol. The topological polar surface area (TPSA) is 101 Å². The fourth-order valence-electron chi connectivity index (χ4n) is 2.83. The van der Waals surface area contributed by atoms with Crippen LogP contribution in [0.5, 0.6) is 0 Å². The number of hydrogen-bond donors (Lipinski definition) is 2. The molecule has 0 spiro atoms. The smallest absolute Gasteiger partial charge is 0.361 e. The average Bonchev–Trinajstić information content (AvgIpc) is 3.17. The molecule has 2 N–H and O–H groups in total. The standard InChI is InChI=1S/C16H17F3N4O3S.C2H6/c1-8-6-11(13-9(2)22-26-10(13)3)7-12-14(8)21-15(20-12)23-27(24,25)5-4-16(17,18)19;1-2/h6-7H,4-5H2,1-3H3,(H2,20,21,23);1-2H3. The van der Waals surface area contributed by atoms with Gasteiger partial charge in [0.1, 0.15) is 5.76 Å². The van der Waals surface area contributed by atoms with Crippen molar-refractivity contribution in [2.45, 2.75) is 47.2 Å². The van der Waals surface area contributed by atoms with E-state index in [1.807, 2.05) is 19.9 Å². The van der Waals surface area contributed by atoms with Crippen LogP contribution >= 0.6 is 0 Å². The lowest BCUT2D eigenvalue weighted by atomic mass is 10.0. The second-order valence-electron chi connectivity index (χ2n) is 6.26. The van der Waals surface area contributed by atoms with Crippen LogP contribution in [0.4, 0.5) is 19.1 Å². The van der Waals surface area contributed by atoms with Gasteiger partial charge in [0.2, 0.25) is 16.0 Å². The number of aromatic nitrogens is 3. The van der Waals surface area contributed by atoms with E-state index in [4.69, 9.17) is 4.52 Å². The second kappa shape index (κ2) is 8.44. The molecule has 3 rings (SSSR count). The molecule has 0 fully saturated rings. The number of hydrogen-bond acceptors (Lipinski definition) is 5. The summed E-state index contributed by atoms with van der Waals surface area (Å²) in [6.45, 7) is 9.38.